The molecule has 102 valence electrons. The highest BCUT2D eigenvalue weighted by molar-refractivity contribution is 9.10. The maximum Gasteiger partial charge on any atom is 0.247 e. The highest BCUT2D eigenvalue weighted by Crippen LogP contribution is 2.32. The van der Waals surface area contributed by atoms with Gasteiger partial charge >= 0.3 is 0 Å². The molecule has 1 aliphatic carbocycles. The summed E-state index contributed by atoms with van der Waals surface area (Å²) in [4.78, 5) is 0.153. The lowest BCUT2D eigenvalue weighted by Gasteiger charge is -2.29. The van der Waals surface area contributed by atoms with E-state index in [1.807, 2.05) is 0 Å². The van der Waals surface area contributed by atoms with Crippen LogP contribution in [0.1, 0.15) is 25.0 Å². The number of alkyl halides is 1. The van der Waals surface area contributed by atoms with Gasteiger partial charge in [-0.2, -0.15) is 0 Å². The average molecular weight is 357 g/mol. The van der Waals surface area contributed by atoms with E-state index in [2.05, 4.69) is 15.9 Å². The van der Waals surface area contributed by atoms with Crippen molar-refractivity contribution in [3.05, 3.63) is 16.5 Å². The summed E-state index contributed by atoms with van der Waals surface area (Å²) in [5, 5.41) is 0. The zero-order chi connectivity index (χ0) is 13.3. The van der Waals surface area contributed by atoms with Gasteiger partial charge in [-0.15, -0.1) is 11.6 Å². The Hall–Kier alpha value is -0.0400. The van der Waals surface area contributed by atoms with E-state index in [1.165, 1.54) is 16.8 Å². The predicted molar refractivity (Wildman–Crippen MR) is 73.1 cm³/mol. The van der Waals surface area contributed by atoms with Crippen molar-refractivity contribution in [2.24, 2.45) is 5.92 Å². The van der Waals surface area contributed by atoms with Crippen LogP contribution in [-0.4, -0.2) is 26.3 Å². The summed E-state index contributed by atoms with van der Waals surface area (Å²) in [5.41, 5.74) is 0. The number of furan rings is 1. The Kier molecular flexibility index (Phi) is 4.41. The van der Waals surface area contributed by atoms with Gasteiger partial charge < -0.3 is 4.42 Å². The Morgan fingerprint density at radius 2 is 2.22 bits per heavy atom. The SMILES string of the molecule is CN(CC1CCC1)S(=O)(=O)c1cc(CCl)oc1Br. The molecule has 0 saturated heterocycles. The molecule has 1 aliphatic rings. The molecule has 0 atom stereocenters. The third kappa shape index (κ3) is 2.76. The minimum Gasteiger partial charge on any atom is -0.452 e. The van der Waals surface area contributed by atoms with E-state index in [9.17, 15) is 8.42 Å². The van der Waals surface area contributed by atoms with Gasteiger partial charge in [0.25, 0.3) is 0 Å². The number of sulfonamides is 1. The first-order chi connectivity index (χ1) is 8.45. The normalized spacial score (nSPS) is 17.1. The monoisotopic (exact) mass is 355 g/mol. The van der Waals surface area contributed by atoms with Gasteiger partial charge in [0.15, 0.2) is 4.67 Å². The first-order valence-electron chi connectivity index (χ1n) is 5.75. The fourth-order valence-electron chi connectivity index (χ4n) is 1.94. The molecule has 18 heavy (non-hydrogen) atoms. The summed E-state index contributed by atoms with van der Waals surface area (Å²) in [7, 11) is -1.89. The molecule has 0 aliphatic heterocycles. The minimum absolute atomic E-state index is 0.153. The van der Waals surface area contributed by atoms with E-state index in [4.69, 9.17) is 16.0 Å². The van der Waals surface area contributed by atoms with Crippen LogP contribution >= 0.6 is 27.5 Å². The van der Waals surface area contributed by atoms with Crippen LogP contribution in [0.5, 0.6) is 0 Å². The highest BCUT2D eigenvalue weighted by atomic mass is 79.9. The van der Waals surface area contributed by atoms with Crippen molar-refractivity contribution < 1.29 is 12.8 Å². The Morgan fingerprint density at radius 1 is 1.56 bits per heavy atom. The largest absolute Gasteiger partial charge is 0.452 e. The Bertz CT molecular complexity index is 524. The second-order valence-electron chi connectivity index (χ2n) is 4.57. The molecule has 2 rings (SSSR count). The van der Waals surface area contributed by atoms with E-state index >= 15 is 0 Å². The van der Waals surface area contributed by atoms with Crippen molar-refractivity contribution in [3.63, 3.8) is 0 Å². The summed E-state index contributed by atoms with van der Waals surface area (Å²) in [6.45, 7) is 0.566. The lowest BCUT2D eigenvalue weighted by molar-refractivity contribution is 0.263. The molecule has 1 fully saturated rings. The van der Waals surface area contributed by atoms with E-state index in [0.29, 0.717) is 18.2 Å². The average Bonchev–Trinajstić information content (AvgIpc) is 2.65. The fraction of sp³-hybridized carbons (Fsp3) is 0.636. The van der Waals surface area contributed by atoms with Crippen molar-refractivity contribution in [2.75, 3.05) is 13.6 Å². The lowest BCUT2D eigenvalue weighted by atomic mass is 9.86. The number of halogens is 2. The molecule has 0 bridgehead atoms. The minimum atomic E-state index is -3.50. The standard InChI is InChI=1S/C11H15BrClNO3S/c1-14(7-8-3-2-4-8)18(15,16)10-5-9(6-13)17-11(10)12/h5,8H,2-4,6-7H2,1H3. The summed E-state index contributed by atoms with van der Waals surface area (Å²) < 4.78 is 31.5. The smallest absolute Gasteiger partial charge is 0.247 e. The molecular weight excluding hydrogens is 342 g/mol. The number of rotatable bonds is 5. The predicted octanol–water partition coefficient (Wildman–Crippen LogP) is 3.20. The molecule has 1 saturated carbocycles. The topological polar surface area (TPSA) is 50.5 Å². The van der Waals surface area contributed by atoms with Gasteiger partial charge in [0.2, 0.25) is 10.0 Å². The van der Waals surface area contributed by atoms with Crippen LogP contribution in [0.3, 0.4) is 0 Å². The van der Waals surface area contributed by atoms with E-state index in [1.54, 1.807) is 7.05 Å². The van der Waals surface area contributed by atoms with Crippen molar-refractivity contribution in [1.82, 2.24) is 4.31 Å². The molecule has 1 aromatic rings. The molecule has 0 spiro atoms. The molecule has 1 aromatic heterocycles. The van der Waals surface area contributed by atoms with Crippen molar-refractivity contribution in [3.8, 4) is 0 Å². The fourth-order valence-corrected chi connectivity index (χ4v) is 4.28. The van der Waals surface area contributed by atoms with Gasteiger partial charge in [-0.1, -0.05) is 6.42 Å². The van der Waals surface area contributed by atoms with Gasteiger partial charge in [-0.05, 0) is 34.7 Å². The first kappa shape index (κ1) is 14.4. The zero-order valence-electron chi connectivity index (χ0n) is 10.0. The molecule has 1 heterocycles. The highest BCUT2D eigenvalue weighted by Gasteiger charge is 2.30. The maximum absolute atomic E-state index is 12.4. The molecule has 4 nitrogen and oxygen atoms in total. The Labute approximate surface area is 120 Å². The molecule has 0 aromatic carbocycles. The van der Waals surface area contributed by atoms with E-state index in [-0.39, 0.29) is 15.4 Å². The first-order valence-corrected chi connectivity index (χ1v) is 8.52. The van der Waals surface area contributed by atoms with Gasteiger partial charge in [0.1, 0.15) is 10.7 Å². The molecule has 0 unspecified atom stereocenters. The van der Waals surface area contributed by atoms with E-state index in [0.717, 1.165) is 12.8 Å². The number of nitrogens with zero attached hydrogens (tertiary/aromatic N) is 1. The Morgan fingerprint density at radius 3 is 2.67 bits per heavy atom. The summed E-state index contributed by atoms with van der Waals surface area (Å²) in [6, 6.07) is 1.48. The van der Waals surface area contributed by atoms with Crippen LogP contribution in [0, 0.1) is 5.92 Å². The van der Waals surface area contributed by atoms with Crippen LogP contribution < -0.4 is 0 Å². The van der Waals surface area contributed by atoms with Crippen LogP contribution in [0.25, 0.3) is 0 Å². The lowest BCUT2D eigenvalue weighted by Crippen LogP contribution is -2.34. The molecule has 0 radical (unpaired) electrons. The van der Waals surface area contributed by atoms with E-state index < -0.39 is 10.0 Å². The number of hydrogen-bond acceptors (Lipinski definition) is 3. The Balaban J connectivity index is 2.20. The van der Waals surface area contributed by atoms with Gasteiger partial charge in [0, 0.05) is 19.7 Å². The van der Waals surface area contributed by atoms with Gasteiger partial charge in [-0.3, -0.25) is 0 Å². The summed E-state index contributed by atoms with van der Waals surface area (Å²) in [5.74, 6) is 1.09. The van der Waals surface area contributed by atoms with Crippen molar-refractivity contribution in [2.45, 2.75) is 30.0 Å². The van der Waals surface area contributed by atoms with Gasteiger partial charge in [-0.25, -0.2) is 12.7 Å². The van der Waals surface area contributed by atoms with Crippen LogP contribution in [0.4, 0.5) is 0 Å². The van der Waals surface area contributed by atoms with Crippen molar-refractivity contribution >= 4 is 37.6 Å². The second kappa shape index (κ2) is 5.53. The number of hydrogen-bond donors (Lipinski definition) is 0. The molecule has 7 heteroatoms. The maximum atomic E-state index is 12.4. The van der Waals surface area contributed by atoms with Crippen LogP contribution in [0.15, 0.2) is 20.0 Å². The third-order valence-electron chi connectivity index (χ3n) is 3.27. The molecule has 0 N–H and O–H groups in total. The van der Waals surface area contributed by atoms with Gasteiger partial charge in [0.05, 0.1) is 5.88 Å². The second-order valence-corrected chi connectivity index (χ2v) is 7.57. The summed E-state index contributed by atoms with van der Waals surface area (Å²) >= 11 is 8.76. The van der Waals surface area contributed by atoms with Crippen molar-refractivity contribution in [1.29, 1.82) is 0 Å². The molecular formula is C11H15BrClNO3S. The summed E-state index contributed by atoms with van der Waals surface area (Å²) in [6.07, 6.45) is 3.42. The third-order valence-corrected chi connectivity index (χ3v) is 6.21. The quantitative estimate of drug-likeness (QED) is 0.761. The van der Waals surface area contributed by atoms with Crippen LogP contribution in [0.2, 0.25) is 0 Å². The van der Waals surface area contributed by atoms with Crippen LogP contribution in [-0.2, 0) is 15.9 Å². The molecule has 0 amide bonds. The zero-order valence-corrected chi connectivity index (χ0v) is 13.2.